The third kappa shape index (κ3) is 5.42. The maximum Gasteiger partial charge on any atom is 0.343 e. The Morgan fingerprint density at radius 3 is 1.82 bits per heavy atom. The molecule has 0 fully saturated rings. The fraction of sp³-hybridized carbons (Fsp3) is 0. The monoisotopic (exact) mass is 593 g/mol. The summed E-state index contributed by atoms with van der Waals surface area (Å²) in [5.41, 5.74) is 0.319. The van der Waals surface area contributed by atoms with Crippen LogP contribution in [0.3, 0.4) is 0 Å². The highest BCUT2D eigenvalue weighted by Gasteiger charge is 2.33. The molecule has 0 saturated heterocycles. The van der Waals surface area contributed by atoms with Gasteiger partial charge in [-0.1, -0.05) is 47.5 Å². The number of anilines is 1. The van der Waals surface area contributed by atoms with Crippen molar-refractivity contribution in [3.8, 4) is 5.75 Å². The second-order valence-corrected chi connectivity index (χ2v) is 11.2. The molecule has 5 aromatic rings. The fourth-order valence-electron chi connectivity index (χ4n) is 4.04. The van der Waals surface area contributed by atoms with Crippen LogP contribution in [0.2, 0.25) is 10.0 Å². The van der Waals surface area contributed by atoms with Gasteiger partial charge in [0, 0.05) is 26.4 Å². The van der Waals surface area contributed by atoms with E-state index in [-0.39, 0.29) is 27.5 Å². The average molecular weight is 594 g/mol. The summed E-state index contributed by atoms with van der Waals surface area (Å²) in [6.45, 7) is 0. The minimum Gasteiger partial charge on any atom is -0.422 e. The third-order valence-corrected chi connectivity index (χ3v) is 8.20. The molecule has 0 radical (unpaired) electrons. The van der Waals surface area contributed by atoms with E-state index in [9.17, 15) is 22.4 Å². The highest BCUT2D eigenvalue weighted by atomic mass is 35.5. The van der Waals surface area contributed by atoms with Crippen molar-refractivity contribution in [1.82, 2.24) is 0 Å². The van der Waals surface area contributed by atoms with Gasteiger partial charge in [0.2, 0.25) is 0 Å². The molecule has 5 rings (SSSR count). The molecule has 0 saturated carbocycles. The van der Waals surface area contributed by atoms with E-state index in [1.165, 1.54) is 48.5 Å². The number of rotatable bonds is 6. The molecule has 0 aliphatic heterocycles. The number of fused-ring (bicyclic) bond motifs is 1. The highest BCUT2D eigenvalue weighted by molar-refractivity contribution is 7.93. The Morgan fingerprint density at radius 2 is 1.23 bits per heavy atom. The first-order chi connectivity index (χ1) is 19.1. The number of halogens is 3. The molecule has 40 heavy (non-hydrogen) atoms. The van der Waals surface area contributed by atoms with E-state index in [0.717, 1.165) is 24.3 Å². The molecule has 10 heteroatoms. The summed E-state index contributed by atoms with van der Waals surface area (Å²) in [7, 11) is -4.54. The maximum atomic E-state index is 13.9. The number of ether oxygens (including phenoxy) is 1. The number of sulfonamides is 1. The van der Waals surface area contributed by atoms with Crippen LogP contribution in [0.15, 0.2) is 114 Å². The molecule has 0 bridgehead atoms. The van der Waals surface area contributed by atoms with E-state index in [1.54, 1.807) is 36.4 Å². The van der Waals surface area contributed by atoms with Crippen molar-refractivity contribution in [3.63, 3.8) is 0 Å². The van der Waals surface area contributed by atoms with Crippen LogP contribution in [-0.4, -0.2) is 20.3 Å². The summed E-state index contributed by atoms with van der Waals surface area (Å²) >= 11 is 11.9. The number of carbonyl (C=O) groups excluding carboxylic acids is 2. The maximum absolute atomic E-state index is 13.9. The van der Waals surface area contributed by atoms with Gasteiger partial charge in [-0.25, -0.2) is 17.6 Å². The third-order valence-electron chi connectivity index (χ3n) is 5.99. The minimum absolute atomic E-state index is 0.00571. The lowest BCUT2D eigenvalue weighted by Gasteiger charge is -2.25. The summed E-state index contributed by atoms with van der Waals surface area (Å²) in [5.74, 6) is -2.00. The molecule has 0 heterocycles. The second kappa shape index (κ2) is 11.1. The van der Waals surface area contributed by atoms with Crippen LogP contribution in [-0.2, 0) is 10.0 Å². The van der Waals surface area contributed by atoms with Gasteiger partial charge in [0.25, 0.3) is 15.9 Å². The summed E-state index contributed by atoms with van der Waals surface area (Å²) in [6, 6.07) is 25.4. The average Bonchev–Trinajstić information content (AvgIpc) is 2.95. The van der Waals surface area contributed by atoms with E-state index in [2.05, 4.69) is 0 Å². The second-order valence-electron chi connectivity index (χ2n) is 8.56. The Bertz CT molecular complexity index is 1840. The predicted octanol–water partition coefficient (Wildman–Crippen LogP) is 7.54. The zero-order valence-electron chi connectivity index (χ0n) is 20.4. The van der Waals surface area contributed by atoms with Crippen molar-refractivity contribution in [2.75, 3.05) is 4.31 Å². The van der Waals surface area contributed by atoms with Gasteiger partial charge in [-0.15, -0.1) is 0 Å². The number of hydrogen-bond acceptors (Lipinski definition) is 5. The first kappa shape index (κ1) is 27.3. The quantitative estimate of drug-likeness (QED) is 0.150. The largest absolute Gasteiger partial charge is 0.422 e. The van der Waals surface area contributed by atoms with Gasteiger partial charge in [0.1, 0.15) is 11.6 Å². The van der Waals surface area contributed by atoms with E-state index in [4.69, 9.17) is 27.9 Å². The molecular formula is C30H18Cl2FNO5S. The molecule has 0 atom stereocenters. The van der Waals surface area contributed by atoms with Gasteiger partial charge in [0.15, 0.2) is 0 Å². The van der Waals surface area contributed by atoms with Gasteiger partial charge >= 0.3 is 5.97 Å². The van der Waals surface area contributed by atoms with Crippen LogP contribution >= 0.6 is 23.2 Å². The standard InChI is InChI=1S/C30H18Cl2FNO5S/c31-21-9-5-19(6-10-21)29(35)34(40(37,38)24-15-13-23(33)14-16-24)27-17-18-28(26-4-2-1-3-25(26)27)39-30(36)20-7-11-22(32)12-8-20/h1-18H. The lowest BCUT2D eigenvalue weighted by atomic mass is 10.1. The highest BCUT2D eigenvalue weighted by Crippen LogP contribution is 2.37. The summed E-state index contributed by atoms with van der Waals surface area (Å²) in [6.07, 6.45) is 0. The van der Waals surface area contributed by atoms with Crippen LogP contribution in [0.1, 0.15) is 20.7 Å². The van der Waals surface area contributed by atoms with E-state index >= 15 is 0 Å². The van der Waals surface area contributed by atoms with E-state index in [0.29, 0.717) is 25.1 Å². The van der Waals surface area contributed by atoms with Crippen LogP contribution in [0.25, 0.3) is 10.8 Å². The van der Waals surface area contributed by atoms with Crippen LogP contribution in [0.5, 0.6) is 5.75 Å². The number of amides is 1. The zero-order valence-corrected chi connectivity index (χ0v) is 22.8. The Kier molecular flexibility index (Phi) is 7.58. The molecule has 0 spiro atoms. The van der Waals surface area contributed by atoms with Gasteiger partial charge in [-0.3, -0.25) is 4.79 Å². The lowest BCUT2D eigenvalue weighted by Crippen LogP contribution is -2.37. The first-order valence-electron chi connectivity index (χ1n) is 11.8. The van der Waals surface area contributed by atoms with Gasteiger partial charge in [-0.05, 0) is 84.9 Å². The lowest BCUT2D eigenvalue weighted by molar-refractivity contribution is 0.0736. The number of hydrogen-bond donors (Lipinski definition) is 0. The Hall–Kier alpha value is -4.24. The van der Waals surface area contributed by atoms with Crippen LogP contribution in [0.4, 0.5) is 10.1 Å². The van der Waals surface area contributed by atoms with Crippen molar-refractivity contribution >= 4 is 61.6 Å². The normalized spacial score (nSPS) is 11.3. The number of benzene rings is 5. The van der Waals surface area contributed by atoms with Gasteiger partial charge < -0.3 is 4.74 Å². The SMILES string of the molecule is O=C(Oc1ccc(N(C(=O)c2ccc(Cl)cc2)S(=O)(=O)c2ccc(F)cc2)c2ccccc12)c1ccc(Cl)cc1. The molecule has 0 aliphatic rings. The molecule has 0 aliphatic carbocycles. The summed E-state index contributed by atoms with van der Waals surface area (Å²) < 4.78 is 47.7. The Labute approximate surface area is 239 Å². The molecule has 0 N–H and O–H groups in total. The molecule has 0 aromatic heterocycles. The Balaban J connectivity index is 1.66. The molecular weight excluding hydrogens is 576 g/mol. The number of carbonyl (C=O) groups is 2. The molecule has 200 valence electrons. The smallest absolute Gasteiger partial charge is 0.343 e. The van der Waals surface area contributed by atoms with Crippen molar-refractivity contribution in [3.05, 3.63) is 136 Å². The summed E-state index contributed by atoms with van der Waals surface area (Å²) in [5, 5.41) is 1.52. The number of esters is 1. The van der Waals surface area contributed by atoms with Crippen LogP contribution < -0.4 is 9.04 Å². The molecule has 1 amide bonds. The topological polar surface area (TPSA) is 80.8 Å². The van der Waals surface area contributed by atoms with Crippen LogP contribution in [0, 0.1) is 5.82 Å². The Morgan fingerprint density at radius 1 is 0.675 bits per heavy atom. The van der Waals surface area contributed by atoms with E-state index in [1.807, 2.05) is 0 Å². The predicted molar refractivity (Wildman–Crippen MR) is 152 cm³/mol. The van der Waals surface area contributed by atoms with Crippen molar-refractivity contribution in [1.29, 1.82) is 0 Å². The van der Waals surface area contributed by atoms with Gasteiger partial charge in [0.05, 0.1) is 16.1 Å². The zero-order chi connectivity index (χ0) is 28.4. The van der Waals surface area contributed by atoms with Crippen molar-refractivity contribution in [2.24, 2.45) is 0 Å². The van der Waals surface area contributed by atoms with Crippen molar-refractivity contribution < 1.29 is 27.1 Å². The molecule has 0 unspecified atom stereocenters. The summed E-state index contributed by atoms with van der Waals surface area (Å²) in [4.78, 5) is 26.3. The van der Waals surface area contributed by atoms with Crippen molar-refractivity contribution in [2.45, 2.75) is 4.90 Å². The molecule has 6 nitrogen and oxygen atoms in total. The van der Waals surface area contributed by atoms with E-state index < -0.39 is 27.7 Å². The molecule has 5 aromatic carbocycles. The minimum atomic E-state index is -4.54. The number of nitrogens with zero attached hydrogens (tertiary/aromatic N) is 1. The first-order valence-corrected chi connectivity index (χ1v) is 13.9. The van der Waals surface area contributed by atoms with Gasteiger partial charge in [-0.2, -0.15) is 4.31 Å². The fourth-order valence-corrected chi connectivity index (χ4v) is 5.72.